The van der Waals surface area contributed by atoms with E-state index in [0.29, 0.717) is 12.2 Å². The van der Waals surface area contributed by atoms with Gasteiger partial charge >= 0.3 is 5.97 Å². The number of nitrogens with two attached hydrogens (primary N) is 1. The molecule has 0 aliphatic heterocycles. The fraction of sp³-hybridized carbons (Fsp3) is 0.714. The van der Waals surface area contributed by atoms with Gasteiger partial charge in [-0.1, -0.05) is 0 Å². The third-order valence-electron chi connectivity index (χ3n) is 3.27. The Labute approximate surface area is 155 Å². The topological polar surface area (TPSA) is 191 Å². The highest BCUT2D eigenvalue weighted by Crippen LogP contribution is 1.98. The van der Waals surface area contributed by atoms with Crippen LogP contribution in [0.3, 0.4) is 0 Å². The minimum atomic E-state index is -1.59. The minimum Gasteiger partial charge on any atom is -0.480 e. The van der Waals surface area contributed by atoms with E-state index in [1.54, 1.807) is 0 Å². The molecule has 0 heterocycles. The van der Waals surface area contributed by atoms with E-state index in [-0.39, 0.29) is 0 Å². The fourth-order valence-corrected chi connectivity index (χ4v) is 2.25. The molecule has 0 aromatic rings. The van der Waals surface area contributed by atoms with E-state index in [4.69, 9.17) is 10.8 Å². The number of nitrogens with one attached hydrogen (secondary N) is 3. The average Bonchev–Trinajstić information content (AvgIpc) is 2.58. The van der Waals surface area contributed by atoms with Gasteiger partial charge in [-0.25, -0.2) is 4.79 Å². The summed E-state index contributed by atoms with van der Waals surface area (Å²) in [5, 5.41) is 33.9. The molecule has 0 aromatic heterocycles. The predicted octanol–water partition coefficient (Wildman–Crippen LogP) is -3.39. The molecule has 0 aromatic carbocycles. The van der Waals surface area contributed by atoms with Crippen molar-refractivity contribution in [1.82, 2.24) is 16.0 Å². The van der Waals surface area contributed by atoms with Gasteiger partial charge in [-0.2, -0.15) is 11.8 Å². The van der Waals surface area contributed by atoms with Crippen LogP contribution in [0, 0.1) is 0 Å². The van der Waals surface area contributed by atoms with Crippen LogP contribution < -0.4 is 21.7 Å². The van der Waals surface area contributed by atoms with E-state index >= 15 is 0 Å². The number of carbonyl (C=O) groups excluding carboxylic acids is 3. The summed E-state index contributed by atoms with van der Waals surface area (Å²) < 4.78 is 0. The molecule has 3 amide bonds. The molecule has 0 radical (unpaired) electrons. The molecule has 0 bridgehead atoms. The number of aliphatic hydroxyl groups is 2. The Bertz CT molecular complexity index is 504. The Morgan fingerprint density at radius 2 is 1.77 bits per heavy atom. The van der Waals surface area contributed by atoms with Gasteiger partial charge in [-0.05, 0) is 25.4 Å². The van der Waals surface area contributed by atoms with Gasteiger partial charge in [0.1, 0.15) is 6.04 Å². The third kappa shape index (κ3) is 8.99. The van der Waals surface area contributed by atoms with Crippen LogP contribution in [0.5, 0.6) is 0 Å². The highest BCUT2D eigenvalue weighted by Gasteiger charge is 2.29. The molecule has 0 aliphatic carbocycles. The monoisotopic (exact) mass is 394 g/mol. The number of aliphatic hydroxyl groups excluding tert-OH is 2. The molecule has 0 fully saturated rings. The van der Waals surface area contributed by atoms with Gasteiger partial charge in [0, 0.05) is 0 Å². The molecule has 12 heteroatoms. The van der Waals surface area contributed by atoms with Crippen LogP contribution in [0.1, 0.15) is 13.3 Å². The molecule has 0 saturated heterocycles. The van der Waals surface area contributed by atoms with E-state index in [9.17, 15) is 29.4 Å². The van der Waals surface area contributed by atoms with Crippen molar-refractivity contribution in [2.24, 2.45) is 5.73 Å². The van der Waals surface area contributed by atoms with Crippen molar-refractivity contribution in [2.75, 3.05) is 25.2 Å². The average molecular weight is 394 g/mol. The molecule has 8 N–H and O–H groups in total. The van der Waals surface area contributed by atoms with Crippen molar-refractivity contribution in [3.8, 4) is 0 Å². The summed E-state index contributed by atoms with van der Waals surface area (Å²) >= 11 is 1.52. The molecular weight excluding hydrogens is 368 g/mol. The Morgan fingerprint density at radius 1 is 1.15 bits per heavy atom. The summed E-state index contributed by atoms with van der Waals surface area (Å²) in [6.07, 6.45) is 0.921. The lowest BCUT2D eigenvalue weighted by molar-refractivity contribution is -0.145. The lowest BCUT2D eigenvalue weighted by Crippen LogP contribution is -2.57. The van der Waals surface area contributed by atoms with Crippen LogP contribution in [0.25, 0.3) is 0 Å². The number of carboxylic acids is 1. The standard InChI is InChI=1S/C14H26N4O7S/c1-7(20)11(14(24)25)18-13(23)9(6-19)17-10(21)5-16-12(22)8(15)3-4-26-2/h7-9,11,19-20H,3-6,15H2,1-2H3,(H,16,22)(H,17,21)(H,18,23)(H,24,25). The van der Waals surface area contributed by atoms with E-state index in [1.165, 1.54) is 18.7 Å². The maximum atomic E-state index is 11.9. The molecular formula is C14H26N4O7S. The maximum absolute atomic E-state index is 11.9. The van der Waals surface area contributed by atoms with Crippen molar-refractivity contribution in [2.45, 2.75) is 37.6 Å². The Morgan fingerprint density at radius 3 is 2.23 bits per heavy atom. The van der Waals surface area contributed by atoms with E-state index in [2.05, 4.69) is 10.6 Å². The maximum Gasteiger partial charge on any atom is 0.328 e. The second-order valence-corrected chi connectivity index (χ2v) is 6.46. The first-order valence-corrected chi connectivity index (χ1v) is 9.17. The Balaban J connectivity index is 4.53. The Hall–Kier alpha value is -1.89. The number of carbonyl (C=O) groups is 4. The normalized spacial score (nSPS) is 15.3. The van der Waals surface area contributed by atoms with Gasteiger partial charge in [0.15, 0.2) is 6.04 Å². The van der Waals surface area contributed by atoms with Crippen LogP contribution in [-0.2, 0) is 19.2 Å². The summed E-state index contributed by atoms with van der Waals surface area (Å²) in [5.74, 6) is -3.07. The zero-order chi connectivity index (χ0) is 20.3. The van der Waals surface area contributed by atoms with Gasteiger partial charge in [0.2, 0.25) is 17.7 Å². The zero-order valence-electron chi connectivity index (χ0n) is 14.6. The Kier molecular flexibility index (Phi) is 11.6. The highest BCUT2D eigenvalue weighted by atomic mass is 32.2. The highest BCUT2D eigenvalue weighted by molar-refractivity contribution is 7.98. The summed E-state index contributed by atoms with van der Waals surface area (Å²) in [4.78, 5) is 46.3. The molecule has 0 aliphatic rings. The summed E-state index contributed by atoms with van der Waals surface area (Å²) in [6.45, 7) is -0.0966. The minimum absolute atomic E-state index is 0.437. The molecule has 26 heavy (non-hydrogen) atoms. The molecule has 4 unspecified atom stereocenters. The van der Waals surface area contributed by atoms with E-state index in [1.807, 2.05) is 11.6 Å². The lowest BCUT2D eigenvalue weighted by Gasteiger charge is -2.21. The predicted molar refractivity (Wildman–Crippen MR) is 94.2 cm³/mol. The van der Waals surface area contributed by atoms with Gasteiger partial charge in [0.05, 0.1) is 25.3 Å². The SMILES string of the molecule is CSCCC(N)C(=O)NCC(=O)NC(CO)C(=O)NC(C(=O)O)C(C)O. The summed E-state index contributed by atoms with van der Waals surface area (Å²) in [6, 6.07) is -3.80. The van der Waals surface area contributed by atoms with Crippen LogP contribution in [-0.4, -0.2) is 88.4 Å². The van der Waals surface area contributed by atoms with Gasteiger partial charge in [-0.3, -0.25) is 14.4 Å². The van der Waals surface area contributed by atoms with Gasteiger partial charge < -0.3 is 37.0 Å². The number of thioether (sulfide) groups is 1. The number of aliphatic carboxylic acids is 1. The number of rotatable bonds is 12. The fourth-order valence-electron chi connectivity index (χ4n) is 1.76. The van der Waals surface area contributed by atoms with E-state index < -0.39 is 61.1 Å². The van der Waals surface area contributed by atoms with Crippen molar-refractivity contribution >= 4 is 35.5 Å². The molecule has 0 spiro atoms. The van der Waals surface area contributed by atoms with Crippen LogP contribution >= 0.6 is 11.8 Å². The number of carboxylic acid groups (broad SMARTS) is 1. The summed E-state index contributed by atoms with van der Waals surface area (Å²) in [5.41, 5.74) is 5.64. The van der Waals surface area contributed by atoms with Crippen molar-refractivity contribution in [1.29, 1.82) is 0 Å². The zero-order valence-corrected chi connectivity index (χ0v) is 15.4. The molecule has 0 rings (SSSR count). The van der Waals surface area contributed by atoms with Crippen molar-refractivity contribution < 1.29 is 34.5 Å². The quantitative estimate of drug-likeness (QED) is 0.177. The van der Waals surface area contributed by atoms with Gasteiger partial charge in [-0.15, -0.1) is 0 Å². The van der Waals surface area contributed by atoms with Crippen LogP contribution in [0.2, 0.25) is 0 Å². The first-order chi connectivity index (χ1) is 12.1. The second kappa shape index (κ2) is 12.5. The lowest BCUT2D eigenvalue weighted by atomic mass is 10.1. The number of hydrogen-bond donors (Lipinski definition) is 7. The molecule has 0 saturated carbocycles. The van der Waals surface area contributed by atoms with E-state index in [0.717, 1.165) is 0 Å². The second-order valence-electron chi connectivity index (χ2n) is 5.47. The van der Waals surface area contributed by atoms with Crippen molar-refractivity contribution in [3.05, 3.63) is 0 Å². The first kappa shape index (κ1) is 24.1. The molecule has 11 nitrogen and oxygen atoms in total. The van der Waals surface area contributed by atoms with Gasteiger partial charge in [0.25, 0.3) is 0 Å². The largest absolute Gasteiger partial charge is 0.480 e. The van der Waals surface area contributed by atoms with Crippen LogP contribution in [0.4, 0.5) is 0 Å². The molecule has 150 valence electrons. The van der Waals surface area contributed by atoms with Crippen LogP contribution in [0.15, 0.2) is 0 Å². The smallest absolute Gasteiger partial charge is 0.328 e. The number of hydrogen-bond acceptors (Lipinski definition) is 8. The third-order valence-corrected chi connectivity index (χ3v) is 3.92. The number of amides is 3. The summed E-state index contributed by atoms with van der Waals surface area (Å²) in [7, 11) is 0. The molecule has 4 atom stereocenters. The first-order valence-electron chi connectivity index (χ1n) is 7.77. The van der Waals surface area contributed by atoms with Crippen molar-refractivity contribution in [3.63, 3.8) is 0 Å².